The van der Waals surface area contributed by atoms with Crippen LogP contribution >= 0.6 is 11.6 Å². The smallest absolute Gasteiger partial charge is 0.381 e. The molecule has 0 amide bonds. The van der Waals surface area contributed by atoms with E-state index >= 15 is 0 Å². The van der Waals surface area contributed by atoms with E-state index < -0.39 is 11.7 Å². The van der Waals surface area contributed by atoms with Crippen molar-refractivity contribution in [2.75, 3.05) is 7.11 Å². The Balaban J connectivity index is 2.81. The van der Waals surface area contributed by atoms with Gasteiger partial charge in [-0.1, -0.05) is 23.8 Å². The fraction of sp³-hybridized carbons (Fsp3) is 0.600. The summed E-state index contributed by atoms with van der Waals surface area (Å²) in [6, 6.07) is 0. The van der Waals surface area contributed by atoms with Crippen LogP contribution in [0.4, 0.5) is 13.2 Å². The molecule has 1 nitrogen and oxygen atoms in total. The Hall–Kier alpha value is -0.480. The lowest BCUT2D eigenvalue weighted by Gasteiger charge is -2.24. The van der Waals surface area contributed by atoms with Crippen LogP contribution in [0.25, 0.3) is 0 Å². The van der Waals surface area contributed by atoms with Gasteiger partial charge in [-0.25, -0.2) is 0 Å². The monoisotopic (exact) mass is 240 g/mol. The van der Waals surface area contributed by atoms with E-state index in [9.17, 15) is 13.2 Å². The Morgan fingerprint density at radius 1 is 1.53 bits per heavy atom. The minimum Gasteiger partial charge on any atom is -0.381 e. The predicted molar refractivity (Wildman–Crippen MR) is 52.7 cm³/mol. The summed E-state index contributed by atoms with van der Waals surface area (Å²) in [7, 11) is 1.52. The number of ether oxygens (including phenoxy) is 1. The van der Waals surface area contributed by atoms with Gasteiger partial charge in [0.05, 0.1) is 11.7 Å². The van der Waals surface area contributed by atoms with Gasteiger partial charge < -0.3 is 4.74 Å². The maximum absolute atomic E-state index is 12.4. The van der Waals surface area contributed by atoms with E-state index in [1.54, 1.807) is 6.92 Å². The molecule has 0 fully saturated rings. The quantitative estimate of drug-likeness (QED) is 0.716. The van der Waals surface area contributed by atoms with E-state index in [1.807, 2.05) is 0 Å². The van der Waals surface area contributed by atoms with Gasteiger partial charge in [0, 0.05) is 18.1 Å². The first kappa shape index (κ1) is 12.6. The third-order valence-electron chi connectivity index (χ3n) is 2.50. The predicted octanol–water partition coefficient (Wildman–Crippen LogP) is 3.65. The molecular formula is C10H12ClF3O. The molecule has 0 heterocycles. The molecule has 2 unspecified atom stereocenters. The first-order chi connectivity index (χ1) is 6.86. The summed E-state index contributed by atoms with van der Waals surface area (Å²) in [5, 5.41) is -0.140. The lowest BCUT2D eigenvalue weighted by atomic mass is 9.92. The van der Waals surface area contributed by atoms with Crippen molar-refractivity contribution in [1.29, 1.82) is 0 Å². The first-order valence-corrected chi connectivity index (χ1v) is 4.91. The van der Waals surface area contributed by atoms with Crippen LogP contribution in [0.3, 0.4) is 0 Å². The molecule has 0 aromatic heterocycles. The van der Waals surface area contributed by atoms with Crippen molar-refractivity contribution in [1.82, 2.24) is 0 Å². The number of hydrogen-bond acceptors (Lipinski definition) is 1. The second kappa shape index (κ2) is 4.58. The third-order valence-corrected chi connectivity index (χ3v) is 2.86. The van der Waals surface area contributed by atoms with Crippen molar-refractivity contribution in [2.45, 2.75) is 25.6 Å². The van der Waals surface area contributed by atoms with E-state index in [2.05, 4.69) is 0 Å². The van der Waals surface area contributed by atoms with Crippen LogP contribution in [0.5, 0.6) is 0 Å². The molecule has 1 rings (SSSR count). The molecule has 0 spiro atoms. The zero-order valence-electron chi connectivity index (χ0n) is 8.44. The van der Waals surface area contributed by atoms with E-state index in [0.717, 1.165) is 6.08 Å². The molecule has 0 radical (unpaired) electrons. The molecule has 86 valence electrons. The van der Waals surface area contributed by atoms with Gasteiger partial charge in [0.2, 0.25) is 0 Å². The molecule has 0 saturated carbocycles. The summed E-state index contributed by atoms with van der Waals surface area (Å²) in [5.74, 6) is -0.0893. The van der Waals surface area contributed by atoms with E-state index in [1.165, 1.54) is 13.2 Å². The second-order valence-electron chi connectivity index (χ2n) is 3.48. The molecule has 15 heavy (non-hydrogen) atoms. The van der Waals surface area contributed by atoms with Crippen LogP contribution in [0, 0.1) is 5.92 Å². The van der Waals surface area contributed by atoms with Crippen LogP contribution in [-0.4, -0.2) is 19.4 Å². The minimum absolute atomic E-state index is 0.0893. The summed E-state index contributed by atoms with van der Waals surface area (Å²) in [5.41, 5.74) is -0.747. The zero-order valence-corrected chi connectivity index (χ0v) is 9.19. The van der Waals surface area contributed by atoms with Crippen LogP contribution in [0.15, 0.2) is 22.8 Å². The van der Waals surface area contributed by atoms with Crippen molar-refractivity contribution in [3.8, 4) is 0 Å². The Labute approximate surface area is 91.6 Å². The van der Waals surface area contributed by atoms with Gasteiger partial charge in [-0.05, 0) is 13.3 Å². The average molecular weight is 241 g/mol. The summed E-state index contributed by atoms with van der Waals surface area (Å²) >= 11 is 5.62. The van der Waals surface area contributed by atoms with Gasteiger partial charge in [0.25, 0.3) is 0 Å². The molecule has 0 N–H and O–H groups in total. The standard InChI is InChI=1S/C10H12ClF3O/c1-6(15-2)7-3-4-8(9(11)5-7)10(12,13)14/h3-4,6-7H,5H2,1-2H3. The summed E-state index contributed by atoms with van der Waals surface area (Å²) in [6.07, 6.45) is -1.78. The number of alkyl halides is 3. The summed E-state index contributed by atoms with van der Waals surface area (Å²) in [4.78, 5) is 0. The molecule has 2 atom stereocenters. The van der Waals surface area contributed by atoms with Crippen LogP contribution in [-0.2, 0) is 4.74 Å². The number of halogens is 4. The molecule has 1 aliphatic rings. The molecule has 1 aliphatic carbocycles. The second-order valence-corrected chi connectivity index (χ2v) is 3.94. The van der Waals surface area contributed by atoms with Crippen molar-refractivity contribution in [3.63, 3.8) is 0 Å². The van der Waals surface area contributed by atoms with Crippen LogP contribution in [0.1, 0.15) is 13.3 Å². The fourth-order valence-electron chi connectivity index (χ4n) is 1.44. The van der Waals surface area contributed by atoms with Crippen molar-refractivity contribution in [2.24, 2.45) is 5.92 Å². The van der Waals surface area contributed by atoms with Crippen molar-refractivity contribution >= 4 is 11.6 Å². The lowest BCUT2D eigenvalue weighted by Crippen LogP contribution is -2.22. The molecule has 0 aromatic rings. The van der Waals surface area contributed by atoms with E-state index in [4.69, 9.17) is 16.3 Å². The van der Waals surface area contributed by atoms with Gasteiger partial charge in [-0.2, -0.15) is 13.2 Å². The molecule has 0 saturated heterocycles. The Morgan fingerprint density at radius 2 is 2.13 bits per heavy atom. The minimum atomic E-state index is -4.37. The topological polar surface area (TPSA) is 9.23 Å². The van der Waals surface area contributed by atoms with Crippen LogP contribution < -0.4 is 0 Å². The molecule has 5 heteroatoms. The highest BCUT2D eigenvalue weighted by atomic mass is 35.5. The highest BCUT2D eigenvalue weighted by Gasteiger charge is 2.36. The maximum Gasteiger partial charge on any atom is 0.417 e. The highest BCUT2D eigenvalue weighted by Crippen LogP contribution is 2.37. The van der Waals surface area contributed by atoms with Gasteiger partial charge in [0.15, 0.2) is 0 Å². The number of hydrogen-bond donors (Lipinski definition) is 0. The number of methoxy groups -OCH3 is 1. The molecule has 0 aliphatic heterocycles. The molecule has 0 aromatic carbocycles. The highest BCUT2D eigenvalue weighted by molar-refractivity contribution is 6.30. The first-order valence-electron chi connectivity index (χ1n) is 4.53. The fourth-order valence-corrected chi connectivity index (χ4v) is 1.79. The zero-order chi connectivity index (χ0) is 11.6. The van der Waals surface area contributed by atoms with Gasteiger partial charge in [-0.3, -0.25) is 0 Å². The Kier molecular flexibility index (Phi) is 3.84. The Morgan fingerprint density at radius 3 is 2.53 bits per heavy atom. The molecule has 0 bridgehead atoms. The number of rotatable bonds is 2. The largest absolute Gasteiger partial charge is 0.417 e. The summed E-state index contributed by atoms with van der Waals surface area (Å²) in [6.45, 7) is 1.80. The van der Waals surface area contributed by atoms with Crippen molar-refractivity contribution in [3.05, 3.63) is 22.8 Å². The van der Waals surface area contributed by atoms with E-state index in [0.29, 0.717) is 0 Å². The average Bonchev–Trinajstić information content (AvgIpc) is 2.14. The lowest BCUT2D eigenvalue weighted by molar-refractivity contribution is -0.0892. The van der Waals surface area contributed by atoms with E-state index in [-0.39, 0.29) is 23.5 Å². The van der Waals surface area contributed by atoms with Crippen molar-refractivity contribution < 1.29 is 17.9 Å². The SMILES string of the molecule is COC(C)C1C=CC(C(F)(F)F)=C(Cl)C1. The Bertz CT molecular complexity index is 294. The normalized spacial score (nSPS) is 24.5. The molecular weight excluding hydrogens is 229 g/mol. The van der Waals surface area contributed by atoms with Gasteiger partial charge in [0.1, 0.15) is 0 Å². The third kappa shape index (κ3) is 2.98. The summed E-state index contributed by atoms with van der Waals surface area (Å²) < 4.78 is 42.2. The maximum atomic E-state index is 12.4. The van der Waals surface area contributed by atoms with Gasteiger partial charge >= 0.3 is 6.18 Å². The van der Waals surface area contributed by atoms with Crippen LogP contribution in [0.2, 0.25) is 0 Å². The van der Waals surface area contributed by atoms with Gasteiger partial charge in [-0.15, -0.1) is 0 Å². The number of allylic oxidation sites excluding steroid dienone is 3.